The van der Waals surface area contributed by atoms with E-state index < -0.39 is 0 Å². The summed E-state index contributed by atoms with van der Waals surface area (Å²) in [6.45, 7) is 3.21. The number of likely N-dealkylation sites (tertiary alicyclic amines) is 1. The molecule has 1 aromatic heterocycles. The summed E-state index contributed by atoms with van der Waals surface area (Å²) in [7, 11) is 0. The fourth-order valence-corrected chi connectivity index (χ4v) is 3.36. The first-order chi connectivity index (χ1) is 13.3. The second-order valence-electron chi connectivity index (χ2n) is 6.43. The maximum Gasteiger partial charge on any atom is 0.254 e. The summed E-state index contributed by atoms with van der Waals surface area (Å²) in [5.74, 6) is 1.70. The molecule has 1 amide bonds. The number of hydrogen-bond donors (Lipinski definition) is 0. The molecule has 1 unspecified atom stereocenters. The largest absolute Gasteiger partial charge is 0.494 e. The standard InChI is InChI=1S/C21H21N3O3/c1-2-26-17-12-10-16(11-13-17)21(25)24-14-6-9-18(24)20-23-22-19(27-20)15-7-4-3-5-8-15/h3-5,7-8,10-13,18H,2,6,9,14H2,1H3. The molecular weight excluding hydrogens is 342 g/mol. The molecule has 2 heterocycles. The number of aromatic nitrogens is 2. The van der Waals surface area contributed by atoms with Crippen molar-refractivity contribution in [2.24, 2.45) is 0 Å². The van der Waals surface area contributed by atoms with Crippen LogP contribution in [0.4, 0.5) is 0 Å². The van der Waals surface area contributed by atoms with Gasteiger partial charge in [0.25, 0.3) is 5.91 Å². The average molecular weight is 363 g/mol. The maximum absolute atomic E-state index is 13.0. The molecule has 1 saturated heterocycles. The Hall–Kier alpha value is -3.15. The van der Waals surface area contributed by atoms with Gasteiger partial charge in [-0.1, -0.05) is 18.2 Å². The maximum atomic E-state index is 13.0. The fraction of sp³-hybridized carbons (Fsp3) is 0.286. The third-order valence-corrected chi connectivity index (χ3v) is 4.67. The molecule has 27 heavy (non-hydrogen) atoms. The summed E-state index contributed by atoms with van der Waals surface area (Å²) in [6, 6.07) is 16.7. The van der Waals surface area contributed by atoms with E-state index in [-0.39, 0.29) is 11.9 Å². The Morgan fingerprint density at radius 3 is 2.67 bits per heavy atom. The van der Waals surface area contributed by atoms with E-state index >= 15 is 0 Å². The van der Waals surface area contributed by atoms with Gasteiger partial charge in [0, 0.05) is 17.7 Å². The molecule has 1 aliphatic heterocycles. The van der Waals surface area contributed by atoms with Crippen molar-refractivity contribution in [3.63, 3.8) is 0 Å². The summed E-state index contributed by atoms with van der Waals surface area (Å²) in [5, 5.41) is 8.37. The van der Waals surface area contributed by atoms with Gasteiger partial charge in [0.15, 0.2) is 0 Å². The van der Waals surface area contributed by atoms with Crippen LogP contribution in [0.1, 0.15) is 42.1 Å². The number of hydrogen-bond acceptors (Lipinski definition) is 5. The number of carbonyl (C=O) groups excluding carboxylic acids is 1. The van der Waals surface area contributed by atoms with Crippen LogP contribution in [0.15, 0.2) is 59.0 Å². The molecule has 0 spiro atoms. The van der Waals surface area contributed by atoms with Gasteiger partial charge in [0.1, 0.15) is 11.8 Å². The number of nitrogens with zero attached hydrogens (tertiary/aromatic N) is 3. The number of carbonyl (C=O) groups is 1. The summed E-state index contributed by atoms with van der Waals surface area (Å²) >= 11 is 0. The molecule has 1 aliphatic rings. The van der Waals surface area contributed by atoms with Crippen LogP contribution in [-0.4, -0.2) is 34.2 Å². The number of ether oxygens (including phenoxy) is 1. The van der Waals surface area contributed by atoms with Crippen LogP contribution in [0, 0.1) is 0 Å². The summed E-state index contributed by atoms with van der Waals surface area (Å²) in [6.07, 6.45) is 1.73. The lowest BCUT2D eigenvalue weighted by Crippen LogP contribution is -2.30. The molecule has 6 nitrogen and oxygen atoms in total. The zero-order valence-corrected chi connectivity index (χ0v) is 15.2. The Bertz CT molecular complexity index is 906. The minimum absolute atomic E-state index is 0.0278. The van der Waals surface area contributed by atoms with Crippen LogP contribution in [0.3, 0.4) is 0 Å². The first kappa shape index (κ1) is 17.3. The van der Waals surface area contributed by atoms with Crippen molar-refractivity contribution in [1.82, 2.24) is 15.1 Å². The molecule has 0 radical (unpaired) electrons. The van der Waals surface area contributed by atoms with Gasteiger partial charge in [0.2, 0.25) is 11.8 Å². The summed E-state index contributed by atoms with van der Waals surface area (Å²) in [4.78, 5) is 14.8. The molecule has 0 N–H and O–H groups in total. The quantitative estimate of drug-likeness (QED) is 0.682. The molecule has 1 fully saturated rings. The minimum Gasteiger partial charge on any atom is -0.494 e. The Labute approximate surface area is 157 Å². The van der Waals surface area contributed by atoms with Crippen molar-refractivity contribution in [1.29, 1.82) is 0 Å². The highest BCUT2D eigenvalue weighted by Crippen LogP contribution is 2.33. The van der Waals surface area contributed by atoms with Crippen LogP contribution < -0.4 is 4.74 Å². The van der Waals surface area contributed by atoms with Crippen molar-refractivity contribution in [3.05, 3.63) is 66.1 Å². The van der Waals surface area contributed by atoms with Gasteiger partial charge in [-0.15, -0.1) is 10.2 Å². The molecular formula is C21H21N3O3. The minimum atomic E-state index is -0.186. The van der Waals surface area contributed by atoms with Crippen molar-refractivity contribution >= 4 is 5.91 Å². The van der Waals surface area contributed by atoms with Crippen LogP contribution in [0.25, 0.3) is 11.5 Å². The highest BCUT2D eigenvalue weighted by molar-refractivity contribution is 5.94. The van der Waals surface area contributed by atoms with Gasteiger partial charge in [-0.05, 0) is 56.2 Å². The van der Waals surface area contributed by atoms with Crippen molar-refractivity contribution in [2.45, 2.75) is 25.8 Å². The monoisotopic (exact) mass is 363 g/mol. The van der Waals surface area contributed by atoms with Gasteiger partial charge in [-0.2, -0.15) is 0 Å². The number of amides is 1. The predicted molar refractivity (Wildman–Crippen MR) is 100 cm³/mol. The first-order valence-corrected chi connectivity index (χ1v) is 9.19. The Kier molecular flexibility index (Phi) is 4.87. The smallest absolute Gasteiger partial charge is 0.254 e. The summed E-state index contributed by atoms with van der Waals surface area (Å²) in [5.41, 5.74) is 1.51. The third-order valence-electron chi connectivity index (χ3n) is 4.67. The number of rotatable bonds is 5. The lowest BCUT2D eigenvalue weighted by molar-refractivity contribution is 0.0716. The zero-order chi connectivity index (χ0) is 18.6. The molecule has 0 bridgehead atoms. The van der Waals surface area contributed by atoms with Crippen LogP contribution in [-0.2, 0) is 0 Å². The van der Waals surface area contributed by atoms with Gasteiger partial charge >= 0.3 is 0 Å². The van der Waals surface area contributed by atoms with Gasteiger partial charge in [-0.3, -0.25) is 4.79 Å². The van der Waals surface area contributed by atoms with E-state index in [0.717, 1.165) is 24.2 Å². The first-order valence-electron chi connectivity index (χ1n) is 9.19. The third kappa shape index (κ3) is 3.56. The van der Waals surface area contributed by atoms with Crippen LogP contribution in [0.5, 0.6) is 5.75 Å². The molecule has 138 valence electrons. The Morgan fingerprint density at radius 1 is 1.15 bits per heavy atom. The SMILES string of the molecule is CCOc1ccc(C(=O)N2CCCC2c2nnc(-c3ccccc3)o2)cc1. The molecule has 6 heteroatoms. The topological polar surface area (TPSA) is 68.5 Å². The van der Waals surface area contributed by atoms with Gasteiger partial charge < -0.3 is 14.1 Å². The van der Waals surface area contributed by atoms with E-state index in [2.05, 4.69) is 10.2 Å². The molecule has 4 rings (SSSR count). The lowest BCUT2D eigenvalue weighted by Gasteiger charge is -2.22. The molecule has 3 aromatic rings. The van der Waals surface area contributed by atoms with E-state index in [0.29, 0.717) is 30.5 Å². The van der Waals surface area contributed by atoms with Crippen LogP contribution in [0.2, 0.25) is 0 Å². The Morgan fingerprint density at radius 2 is 1.93 bits per heavy atom. The van der Waals surface area contributed by atoms with Crippen molar-refractivity contribution in [2.75, 3.05) is 13.2 Å². The highest BCUT2D eigenvalue weighted by Gasteiger charge is 2.34. The highest BCUT2D eigenvalue weighted by atomic mass is 16.5. The van der Waals surface area contributed by atoms with E-state index in [1.807, 2.05) is 54.3 Å². The predicted octanol–water partition coefficient (Wildman–Crippen LogP) is 4.11. The van der Waals surface area contributed by atoms with E-state index in [4.69, 9.17) is 9.15 Å². The van der Waals surface area contributed by atoms with Gasteiger partial charge in [0.05, 0.1) is 6.61 Å². The zero-order valence-electron chi connectivity index (χ0n) is 15.2. The van der Waals surface area contributed by atoms with E-state index in [1.165, 1.54) is 0 Å². The molecule has 2 aromatic carbocycles. The Balaban J connectivity index is 1.54. The fourth-order valence-electron chi connectivity index (χ4n) is 3.36. The molecule has 1 atom stereocenters. The average Bonchev–Trinajstić information content (AvgIpc) is 3.38. The van der Waals surface area contributed by atoms with Crippen LogP contribution >= 0.6 is 0 Å². The number of benzene rings is 2. The van der Waals surface area contributed by atoms with E-state index in [9.17, 15) is 4.79 Å². The molecule has 0 aliphatic carbocycles. The second-order valence-corrected chi connectivity index (χ2v) is 6.43. The van der Waals surface area contributed by atoms with Crippen molar-refractivity contribution in [3.8, 4) is 17.2 Å². The van der Waals surface area contributed by atoms with Crippen molar-refractivity contribution < 1.29 is 13.9 Å². The lowest BCUT2D eigenvalue weighted by atomic mass is 10.1. The van der Waals surface area contributed by atoms with E-state index in [1.54, 1.807) is 12.1 Å². The molecule has 0 saturated carbocycles. The normalized spacial score (nSPS) is 16.5. The second kappa shape index (κ2) is 7.61. The summed E-state index contributed by atoms with van der Waals surface area (Å²) < 4.78 is 11.3. The van der Waals surface area contributed by atoms with Gasteiger partial charge in [-0.25, -0.2) is 0 Å².